The summed E-state index contributed by atoms with van der Waals surface area (Å²) in [5.74, 6) is -0.355. The standard InChI is InChI=1S/C9H5ClFN/c10-7-4-6(11)3-5-1-2-8(12)9(5)7/h1,3-4H,12H2. The molecule has 1 aromatic rings. The molecule has 60 valence electrons. The van der Waals surface area contributed by atoms with Crippen LogP contribution in [0.15, 0.2) is 17.9 Å². The van der Waals surface area contributed by atoms with E-state index in [9.17, 15) is 4.39 Å². The van der Waals surface area contributed by atoms with Gasteiger partial charge in [0.15, 0.2) is 0 Å². The molecule has 1 aliphatic rings. The number of rotatable bonds is 0. The van der Waals surface area contributed by atoms with Crippen molar-refractivity contribution in [2.24, 2.45) is 5.73 Å². The second-order valence-corrected chi connectivity index (χ2v) is 2.96. The van der Waals surface area contributed by atoms with Gasteiger partial charge >= 0.3 is 0 Å². The number of halogens is 2. The molecule has 1 aromatic carbocycles. The van der Waals surface area contributed by atoms with Gasteiger partial charge in [-0.15, -0.1) is 0 Å². The highest BCUT2D eigenvalue weighted by Crippen LogP contribution is 2.30. The van der Waals surface area contributed by atoms with E-state index < -0.39 is 0 Å². The van der Waals surface area contributed by atoms with Gasteiger partial charge in [-0.25, -0.2) is 4.39 Å². The monoisotopic (exact) mass is 181 g/mol. The van der Waals surface area contributed by atoms with E-state index in [2.05, 4.69) is 5.73 Å². The molecule has 0 saturated carbocycles. The maximum Gasteiger partial charge on any atom is 0.125 e. The molecule has 2 N–H and O–H groups in total. The minimum absolute atomic E-state index is 0.337. The van der Waals surface area contributed by atoms with Crippen molar-refractivity contribution in [3.8, 4) is 0 Å². The summed E-state index contributed by atoms with van der Waals surface area (Å²) in [6.07, 6.45) is 1.62. The second kappa shape index (κ2) is 2.37. The average Bonchev–Trinajstić information content (AvgIpc) is 2.31. The number of hydrogen-bond acceptors (Lipinski definition) is 1. The van der Waals surface area contributed by atoms with Crippen LogP contribution in [0.2, 0.25) is 5.02 Å². The van der Waals surface area contributed by atoms with Gasteiger partial charge in [-0.05, 0) is 23.8 Å². The highest BCUT2D eigenvalue weighted by molar-refractivity contribution is 6.32. The summed E-state index contributed by atoms with van der Waals surface area (Å²) in [7, 11) is 0. The predicted octanol–water partition coefficient (Wildman–Crippen LogP) is 2.40. The first-order valence-electron chi connectivity index (χ1n) is 3.40. The number of fused-ring (bicyclic) bond motifs is 1. The second-order valence-electron chi connectivity index (χ2n) is 2.55. The van der Waals surface area contributed by atoms with Crippen molar-refractivity contribution in [1.29, 1.82) is 0 Å². The Balaban J connectivity index is 2.74. The van der Waals surface area contributed by atoms with E-state index in [0.29, 0.717) is 21.8 Å². The Hall–Kier alpha value is -1.24. The highest BCUT2D eigenvalue weighted by Gasteiger charge is 2.13. The van der Waals surface area contributed by atoms with Gasteiger partial charge in [0.25, 0.3) is 0 Å². The van der Waals surface area contributed by atoms with Gasteiger partial charge in [0.1, 0.15) is 5.82 Å². The Morgan fingerprint density at radius 3 is 2.92 bits per heavy atom. The zero-order valence-corrected chi connectivity index (χ0v) is 6.82. The fraction of sp³-hybridized carbons (Fsp3) is 0. The van der Waals surface area contributed by atoms with E-state index in [0.717, 1.165) is 0 Å². The molecule has 0 amide bonds. The summed E-state index contributed by atoms with van der Waals surface area (Å²) in [6, 6.07) is 2.63. The number of nitrogens with two attached hydrogens (primary N) is 1. The Morgan fingerprint density at radius 1 is 1.42 bits per heavy atom. The summed E-state index contributed by atoms with van der Waals surface area (Å²) in [5.41, 5.74) is 10.2. The van der Waals surface area contributed by atoms with Crippen LogP contribution in [-0.4, -0.2) is 0 Å². The van der Waals surface area contributed by atoms with Crippen LogP contribution >= 0.6 is 11.6 Å². The van der Waals surface area contributed by atoms with Crippen LogP contribution in [0.1, 0.15) is 11.1 Å². The SMILES string of the molecule is NC1=C=Cc2cc(F)cc(Cl)c21. The zero-order valence-electron chi connectivity index (χ0n) is 6.07. The summed E-state index contributed by atoms with van der Waals surface area (Å²) in [4.78, 5) is 0. The summed E-state index contributed by atoms with van der Waals surface area (Å²) in [6.45, 7) is 0. The minimum Gasteiger partial charge on any atom is -0.392 e. The molecule has 0 unspecified atom stereocenters. The molecule has 12 heavy (non-hydrogen) atoms. The first kappa shape index (κ1) is 7.41. The van der Waals surface area contributed by atoms with Crippen LogP contribution in [0.4, 0.5) is 4.39 Å². The summed E-state index contributed by atoms with van der Waals surface area (Å²) in [5, 5.41) is 0.337. The molecule has 0 radical (unpaired) electrons. The summed E-state index contributed by atoms with van der Waals surface area (Å²) < 4.78 is 12.8. The maximum atomic E-state index is 12.8. The molecule has 0 fully saturated rings. The molecule has 1 aliphatic carbocycles. The Morgan fingerprint density at radius 2 is 2.17 bits per heavy atom. The third-order valence-electron chi connectivity index (χ3n) is 1.74. The van der Waals surface area contributed by atoms with Crippen molar-refractivity contribution < 1.29 is 4.39 Å². The molecule has 2 rings (SSSR count). The molecule has 0 atom stereocenters. The lowest BCUT2D eigenvalue weighted by Crippen LogP contribution is -1.95. The fourth-order valence-corrected chi connectivity index (χ4v) is 1.53. The van der Waals surface area contributed by atoms with Crippen LogP contribution in [0.3, 0.4) is 0 Å². The molecule has 0 spiro atoms. The van der Waals surface area contributed by atoms with E-state index in [1.807, 2.05) is 0 Å². The normalized spacial score (nSPS) is 13.0. The van der Waals surface area contributed by atoms with E-state index in [4.69, 9.17) is 17.3 Å². The lowest BCUT2D eigenvalue weighted by Gasteiger charge is -2.02. The summed E-state index contributed by atoms with van der Waals surface area (Å²) >= 11 is 5.77. The molecule has 0 heterocycles. The van der Waals surface area contributed by atoms with Crippen LogP contribution in [-0.2, 0) is 0 Å². The van der Waals surface area contributed by atoms with Crippen molar-refractivity contribution in [2.45, 2.75) is 0 Å². The Labute approximate surface area is 73.9 Å². The quantitative estimate of drug-likeness (QED) is 0.612. The topological polar surface area (TPSA) is 26.0 Å². The fourth-order valence-electron chi connectivity index (χ4n) is 1.22. The molecule has 3 heteroatoms. The molecule has 1 nitrogen and oxygen atoms in total. The number of hydrogen-bond donors (Lipinski definition) is 1. The van der Waals surface area contributed by atoms with Gasteiger partial charge in [-0.3, -0.25) is 0 Å². The minimum atomic E-state index is -0.355. The van der Waals surface area contributed by atoms with E-state index in [-0.39, 0.29) is 5.82 Å². The lowest BCUT2D eigenvalue weighted by atomic mass is 10.1. The number of benzene rings is 1. The van der Waals surface area contributed by atoms with Crippen molar-refractivity contribution >= 4 is 23.4 Å². The molecular weight excluding hydrogens is 177 g/mol. The van der Waals surface area contributed by atoms with Gasteiger partial charge in [0, 0.05) is 5.56 Å². The molecular formula is C9H5ClFN. The van der Waals surface area contributed by atoms with Gasteiger partial charge in [0.2, 0.25) is 0 Å². The van der Waals surface area contributed by atoms with Crippen molar-refractivity contribution in [1.82, 2.24) is 0 Å². The van der Waals surface area contributed by atoms with Crippen molar-refractivity contribution in [2.75, 3.05) is 0 Å². The van der Waals surface area contributed by atoms with Gasteiger partial charge in [-0.1, -0.05) is 17.3 Å². The van der Waals surface area contributed by atoms with Crippen molar-refractivity contribution in [3.05, 3.63) is 39.8 Å². The smallest absolute Gasteiger partial charge is 0.125 e. The third-order valence-corrected chi connectivity index (χ3v) is 2.04. The lowest BCUT2D eigenvalue weighted by molar-refractivity contribution is 0.627. The predicted molar refractivity (Wildman–Crippen MR) is 47.0 cm³/mol. The van der Waals surface area contributed by atoms with Crippen LogP contribution in [0, 0.1) is 5.82 Å². The van der Waals surface area contributed by atoms with E-state index >= 15 is 0 Å². The van der Waals surface area contributed by atoms with Gasteiger partial charge in [0.05, 0.1) is 10.7 Å². The zero-order chi connectivity index (χ0) is 8.72. The Kier molecular flexibility index (Phi) is 1.47. The Bertz CT molecular complexity index is 417. The van der Waals surface area contributed by atoms with Crippen molar-refractivity contribution in [3.63, 3.8) is 0 Å². The van der Waals surface area contributed by atoms with E-state index in [1.54, 1.807) is 6.08 Å². The first-order chi connectivity index (χ1) is 5.68. The average molecular weight is 182 g/mol. The largest absolute Gasteiger partial charge is 0.392 e. The highest BCUT2D eigenvalue weighted by atomic mass is 35.5. The maximum absolute atomic E-state index is 12.8. The van der Waals surface area contributed by atoms with Gasteiger partial charge < -0.3 is 5.73 Å². The molecule has 0 bridgehead atoms. The molecule has 0 saturated heterocycles. The van der Waals surface area contributed by atoms with Crippen LogP contribution in [0.25, 0.3) is 11.8 Å². The van der Waals surface area contributed by atoms with Gasteiger partial charge in [-0.2, -0.15) is 0 Å². The molecule has 0 aliphatic heterocycles. The van der Waals surface area contributed by atoms with Crippen LogP contribution in [0.5, 0.6) is 0 Å². The third kappa shape index (κ3) is 0.934. The van der Waals surface area contributed by atoms with E-state index in [1.165, 1.54) is 12.1 Å². The van der Waals surface area contributed by atoms with Crippen LogP contribution < -0.4 is 5.73 Å². The molecule has 0 aromatic heterocycles. The first-order valence-corrected chi connectivity index (χ1v) is 3.78.